The fourth-order valence-corrected chi connectivity index (χ4v) is 2.62. The van der Waals surface area contributed by atoms with Crippen LogP contribution < -0.4 is 15.4 Å². The second-order valence-corrected chi connectivity index (χ2v) is 6.17. The number of benzene rings is 1. The maximum Gasteiger partial charge on any atom is 0.255 e. The molecule has 2 N–H and O–H groups in total. The van der Waals surface area contributed by atoms with Crippen LogP contribution in [0.4, 0.5) is 5.69 Å². The Morgan fingerprint density at radius 3 is 2.96 bits per heavy atom. The van der Waals surface area contributed by atoms with Gasteiger partial charge in [-0.05, 0) is 38.0 Å². The minimum Gasteiger partial charge on any atom is -0.491 e. The molecule has 2 atom stereocenters. The van der Waals surface area contributed by atoms with Crippen molar-refractivity contribution >= 4 is 17.5 Å². The molecule has 1 aliphatic heterocycles. The van der Waals surface area contributed by atoms with Crippen LogP contribution in [0.25, 0.3) is 0 Å². The number of carbonyl (C=O) groups excluding carboxylic acids is 2. The van der Waals surface area contributed by atoms with E-state index in [1.165, 1.54) is 18.6 Å². The molecule has 7 heteroatoms. The van der Waals surface area contributed by atoms with E-state index in [1.54, 1.807) is 25.1 Å². The molecule has 2 amide bonds. The first-order chi connectivity index (χ1) is 12.6. The van der Waals surface area contributed by atoms with Gasteiger partial charge in [-0.1, -0.05) is 6.07 Å². The summed E-state index contributed by atoms with van der Waals surface area (Å²) in [6, 6.07) is 7.98. The van der Waals surface area contributed by atoms with E-state index in [0.29, 0.717) is 23.6 Å². The molecule has 26 heavy (non-hydrogen) atoms. The predicted molar refractivity (Wildman–Crippen MR) is 95.2 cm³/mol. The van der Waals surface area contributed by atoms with Crippen molar-refractivity contribution in [2.24, 2.45) is 0 Å². The highest BCUT2D eigenvalue weighted by Gasteiger charge is 2.18. The van der Waals surface area contributed by atoms with Gasteiger partial charge in [-0.2, -0.15) is 0 Å². The van der Waals surface area contributed by atoms with Crippen LogP contribution in [-0.2, 0) is 9.53 Å². The first-order valence-electron chi connectivity index (χ1n) is 8.60. The van der Waals surface area contributed by atoms with Crippen LogP contribution >= 0.6 is 0 Å². The zero-order valence-corrected chi connectivity index (χ0v) is 14.6. The average molecular weight is 358 g/mol. The fraction of sp³-hybridized carbons (Fsp3) is 0.368. The smallest absolute Gasteiger partial charge is 0.255 e. The molecular weight excluding hydrogens is 336 g/mol. The van der Waals surface area contributed by atoms with E-state index in [9.17, 15) is 9.59 Å². The normalized spacial score (nSPS) is 17.5. The van der Waals surface area contributed by atoms with Gasteiger partial charge in [0, 0.05) is 18.4 Å². The molecule has 0 radical (unpaired) electrons. The quantitative estimate of drug-likeness (QED) is 0.794. The van der Waals surface area contributed by atoms with E-state index < -0.39 is 6.04 Å². The summed E-state index contributed by atoms with van der Waals surface area (Å²) in [6.45, 7) is 2.90. The van der Waals surface area contributed by atoms with Crippen molar-refractivity contribution in [2.75, 3.05) is 18.5 Å². The van der Waals surface area contributed by atoms with Crippen LogP contribution in [-0.4, -0.2) is 37.2 Å². The van der Waals surface area contributed by atoms with Gasteiger partial charge >= 0.3 is 0 Å². The molecule has 1 aliphatic rings. The number of carbonyl (C=O) groups is 2. The Kier molecular flexibility index (Phi) is 5.91. The van der Waals surface area contributed by atoms with Crippen LogP contribution in [0.1, 0.15) is 30.1 Å². The van der Waals surface area contributed by atoms with E-state index in [1.807, 2.05) is 6.07 Å². The molecule has 0 saturated carbocycles. The van der Waals surface area contributed by atoms with Gasteiger partial charge in [0.2, 0.25) is 5.91 Å². The van der Waals surface area contributed by atoms with Crippen molar-refractivity contribution < 1.29 is 23.5 Å². The lowest BCUT2D eigenvalue weighted by molar-refractivity contribution is -0.117. The number of hydrogen-bond donors (Lipinski definition) is 2. The van der Waals surface area contributed by atoms with Crippen molar-refractivity contribution in [1.29, 1.82) is 0 Å². The van der Waals surface area contributed by atoms with Crippen LogP contribution in [0.3, 0.4) is 0 Å². The number of furan rings is 1. The zero-order valence-electron chi connectivity index (χ0n) is 14.6. The highest BCUT2D eigenvalue weighted by molar-refractivity contribution is 6.00. The Morgan fingerprint density at radius 2 is 2.23 bits per heavy atom. The van der Waals surface area contributed by atoms with Gasteiger partial charge in [-0.15, -0.1) is 0 Å². The summed E-state index contributed by atoms with van der Waals surface area (Å²) < 4.78 is 16.1. The summed E-state index contributed by atoms with van der Waals surface area (Å²) in [4.78, 5) is 24.2. The third kappa shape index (κ3) is 4.86. The number of hydrogen-bond acceptors (Lipinski definition) is 5. The van der Waals surface area contributed by atoms with Crippen LogP contribution in [0.2, 0.25) is 0 Å². The molecule has 3 rings (SSSR count). The molecule has 0 spiro atoms. The SMILES string of the molecule is C[C@H](NC(=O)c1ccoc1)C(=O)Nc1cccc(OC[C@@H]2CCCO2)c1. The maximum absolute atomic E-state index is 12.3. The lowest BCUT2D eigenvalue weighted by Crippen LogP contribution is -2.41. The summed E-state index contributed by atoms with van der Waals surface area (Å²) in [6.07, 6.45) is 4.93. The van der Waals surface area contributed by atoms with Crippen LogP contribution in [0.5, 0.6) is 5.75 Å². The number of anilines is 1. The highest BCUT2D eigenvalue weighted by Crippen LogP contribution is 2.20. The Bertz CT molecular complexity index is 738. The van der Waals surface area contributed by atoms with E-state index in [-0.39, 0.29) is 17.9 Å². The van der Waals surface area contributed by atoms with E-state index >= 15 is 0 Å². The van der Waals surface area contributed by atoms with Crippen LogP contribution in [0, 0.1) is 0 Å². The van der Waals surface area contributed by atoms with Crippen molar-refractivity contribution in [1.82, 2.24) is 5.32 Å². The summed E-state index contributed by atoms with van der Waals surface area (Å²) in [5, 5.41) is 5.39. The Morgan fingerprint density at radius 1 is 1.35 bits per heavy atom. The van der Waals surface area contributed by atoms with Crippen molar-refractivity contribution in [3.63, 3.8) is 0 Å². The van der Waals surface area contributed by atoms with Gasteiger partial charge in [-0.25, -0.2) is 0 Å². The molecule has 7 nitrogen and oxygen atoms in total. The van der Waals surface area contributed by atoms with E-state index in [4.69, 9.17) is 13.9 Å². The second-order valence-electron chi connectivity index (χ2n) is 6.17. The molecule has 0 unspecified atom stereocenters. The summed E-state index contributed by atoms with van der Waals surface area (Å²) in [7, 11) is 0. The van der Waals surface area contributed by atoms with Gasteiger partial charge in [-0.3, -0.25) is 9.59 Å². The fourth-order valence-electron chi connectivity index (χ4n) is 2.62. The zero-order chi connectivity index (χ0) is 18.4. The van der Waals surface area contributed by atoms with Gasteiger partial charge < -0.3 is 24.5 Å². The monoisotopic (exact) mass is 358 g/mol. The molecule has 1 aromatic heterocycles. The third-order valence-corrected chi connectivity index (χ3v) is 4.09. The summed E-state index contributed by atoms with van der Waals surface area (Å²) in [5.41, 5.74) is 0.971. The Balaban J connectivity index is 1.51. The third-order valence-electron chi connectivity index (χ3n) is 4.09. The highest BCUT2D eigenvalue weighted by atomic mass is 16.5. The average Bonchev–Trinajstić information content (AvgIpc) is 3.34. The minimum absolute atomic E-state index is 0.131. The maximum atomic E-state index is 12.3. The molecular formula is C19H22N2O5. The molecule has 0 aliphatic carbocycles. The molecule has 1 saturated heterocycles. The predicted octanol–water partition coefficient (Wildman–Crippen LogP) is 2.59. The number of rotatable bonds is 7. The molecule has 2 aromatic rings. The topological polar surface area (TPSA) is 89.8 Å². The molecule has 2 heterocycles. The van der Waals surface area contributed by atoms with Gasteiger partial charge in [0.1, 0.15) is 24.7 Å². The minimum atomic E-state index is -0.700. The van der Waals surface area contributed by atoms with Crippen molar-refractivity contribution in [2.45, 2.75) is 31.9 Å². The standard InChI is InChI=1S/C19H22N2O5/c1-13(20-19(23)14-7-9-24-11-14)18(22)21-15-4-2-5-16(10-15)26-12-17-6-3-8-25-17/h2,4-5,7,9-11,13,17H,3,6,8,12H2,1H3,(H,20,23)(H,21,22)/t13-,17-/m0/s1. The molecule has 1 fully saturated rings. The Hall–Kier alpha value is -2.80. The largest absolute Gasteiger partial charge is 0.491 e. The lowest BCUT2D eigenvalue weighted by atomic mass is 10.2. The van der Waals surface area contributed by atoms with Gasteiger partial charge in [0.15, 0.2) is 0 Å². The molecule has 0 bridgehead atoms. The van der Waals surface area contributed by atoms with Crippen LogP contribution in [0.15, 0.2) is 47.3 Å². The number of amides is 2. The second kappa shape index (κ2) is 8.53. The van der Waals surface area contributed by atoms with Gasteiger partial charge in [0.25, 0.3) is 5.91 Å². The lowest BCUT2D eigenvalue weighted by Gasteiger charge is -2.15. The molecule has 138 valence electrons. The summed E-state index contributed by atoms with van der Waals surface area (Å²) >= 11 is 0. The number of nitrogens with one attached hydrogen (secondary N) is 2. The van der Waals surface area contributed by atoms with E-state index in [0.717, 1.165) is 19.4 Å². The van der Waals surface area contributed by atoms with Crippen molar-refractivity contribution in [3.05, 3.63) is 48.4 Å². The number of ether oxygens (including phenoxy) is 2. The van der Waals surface area contributed by atoms with E-state index in [2.05, 4.69) is 10.6 Å². The summed E-state index contributed by atoms with van der Waals surface area (Å²) in [5.74, 6) is -0.0263. The first kappa shape index (κ1) is 18.0. The molecule has 1 aromatic carbocycles. The van der Waals surface area contributed by atoms with Gasteiger partial charge in [0.05, 0.1) is 17.9 Å². The van der Waals surface area contributed by atoms with Crippen molar-refractivity contribution in [3.8, 4) is 5.75 Å². The first-order valence-corrected chi connectivity index (χ1v) is 8.60. The Labute approximate surface area is 151 Å².